The first kappa shape index (κ1) is 48.6. The van der Waals surface area contributed by atoms with E-state index in [9.17, 15) is 34.4 Å². The van der Waals surface area contributed by atoms with Crippen molar-refractivity contribution in [1.29, 1.82) is 0 Å². The highest BCUT2D eigenvalue weighted by molar-refractivity contribution is 8.76. The van der Waals surface area contributed by atoms with Crippen molar-refractivity contribution in [2.45, 2.75) is 119 Å². The zero-order valence-corrected chi connectivity index (χ0v) is 38.5. The fraction of sp³-hybridized carbons (Fsp3) is 0.548. The lowest BCUT2D eigenvalue weighted by molar-refractivity contribution is -0.385. The van der Waals surface area contributed by atoms with Gasteiger partial charge < -0.3 is 38.6 Å². The number of fused-ring (bicyclic) bond motifs is 5. The maximum Gasteiger partial charge on any atom is 0.409 e. The Morgan fingerprint density at radius 2 is 1.97 bits per heavy atom. The van der Waals surface area contributed by atoms with Gasteiger partial charge in [-0.25, -0.2) is 14.6 Å². The number of halogens is 1. The van der Waals surface area contributed by atoms with E-state index in [-0.39, 0.29) is 41.1 Å². The van der Waals surface area contributed by atoms with E-state index in [1.54, 1.807) is 51.2 Å². The fourth-order valence-corrected chi connectivity index (χ4v) is 9.81. The molecule has 2 saturated heterocycles. The predicted octanol–water partition coefficient (Wildman–Crippen LogP) is 6.43. The summed E-state index contributed by atoms with van der Waals surface area (Å²) in [6.45, 7) is 8.87. The number of amides is 3. The van der Waals surface area contributed by atoms with Crippen LogP contribution in [0.3, 0.4) is 0 Å². The Morgan fingerprint density at radius 3 is 2.61 bits per heavy atom. The second-order valence-corrected chi connectivity index (χ2v) is 19.1. The average Bonchev–Trinajstić information content (AvgIpc) is 3.93. The van der Waals surface area contributed by atoms with E-state index in [2.05, 4.69) is 10.3 Å². The van der Waals surface area contributed by atoms with Crippen LogP contribution in [0.4, 0.5) is 16.2 Å². The van der Waals surface area contributed by atoms with Crippen molar-refractivity contribution in [2.24, 2.45) is 5.92 Å². The summed E-state index contributed by atoms with van der Waals surface area (Å²) >= 11 is 6.79. The minimum atomic E-state index is -1.86. The summed E-state index contributed by atoms with van der Waals surface area (Å²) in [6, 6.07) is 5.44. The first-order valence-electron chi connectivity index (χ1n) is 20.0. The highest BCUT2D eigenvalue weighted by Crippen LogP contribution is 2.49. The van der Waals surface area contributed by atoms with Crippen molar-refractivity contribution < 1.29 is 52.9 Å². The number of benzene rings is 1. The van der Waals surface area contributed by atoms with Crippen LogP contribution in [0, 0.1) is 16.0 Å². The van der Waals surface area contributed by atoms with E-state index < -0.39 is 70.6 Å². The first-order valence-corrected chi connectivity index (χ1v) is 22.6. The van der Waals surface area contributed by atoms with Crippen LogP contribution >= 0.6 is 33.2 Å². The van der Waals surface area contributed by atoms with Crippen LogP contribution in [0.25, 0.3) is 0 Å². The summed E-state index contributed by atoms with van der Waals surface area (Å²) in [6.07, 6.45) is 2.41. The Labute approximate surface area is 373 Å². The number of esters is 1. The van der Waals surface area contributed by atoms with Crippen LogP contribution in [-0.2, 0) is 39.8 Å². The molecule has 1 aromatic heterocycles. The molecular weight excluding hydrogens is 866 g/mol. The van der Waals surface area contributed by atoms with Crippen molar-refractivity contribution in [3.63, 3.8) is 0 Å². The van der Waals surface area contributed by atoms with Gasteiger partial charge in [-0.1, -0.05) is 60.0 Å². The fourth-order valence-electron chi connectivity index (χ4n) is 7.43. The lowest BCUT2D eigenvalue weighted by Gasteiger charge is -2.42. The number of ether oxygens (including phenoxy) is 5. The topological polar surface area (TPSA) is 212 Å². The van der Waals surface area contributed by atoms with Gasteiger partial charge in [0.05, 0.1) is 30.2 Å². The SMILES string of the molecule is COc1cc2cc(c1Cl)N(C)C(=O)C[C@H](OC(=O)[C@H](C)N(C)C(=O)CCC(C)SSc1ccc([N+](=O)[O-])cn1)[C@]1(C)O[C@H]1[C@H](C)[C@@H]1C[C@@](O)(NC(=O)O1)[C@H](OC)/C=C/C=C(\C)C2. The molecule has 2 aromatic rings. The number of allylic oxidation sites excluding steroid dienone is 3. The van der Waals surface area contributed by atoms with Gasteiger partial charge in [0.1, 0.15) is 51.9 Å². The van der Waals surface area contributed by atoms with Crippen LogP contribution in [0.15, 0.2) is 59.3 Å². The molecule has 9 atom stereocenters. The van der Waals surface area contributed by atoms with E-state index >= 15 is 0 Å². The largest absolute Gasteiger partial charge is 0.495 e. The van der Waals surface area contributed by atoms with Gasteiger partial charge in [0.15, 0.2) is 5.72 Å². The number of hydrogen-bond acceptors (Lipinski definition) is 15. The lowest BCUT2D eigenvalue weighted by atomic mass is 9.83. The molecule has 4 heterocycles. The molecule has 3 amide bonds. The number of aromatic nitrogens is 1. The van der Waals surface area contributed by atoms with E-state index in [0.717, 1.165) is 11.1 Å². The molecule has 1 aromatic carbocycles. The Morgan fingerprint density at radius 1 is 1.24 bits per heavy atom. The number of nitro groups is 1. The van der Waals surface area contributed by atoms with Gasteiger partial charge in [-0.2, -0.15) is 0 Å². The number of epoxide rings is 1. The van der Waals surface area contributed by atoms with Gasteiger partial charge >= 0.3 is 12.1 Å². The molecule has 5 rings (SSSR count). The molecule has 338 valence electrons. The maximum atomic E-state index is 14.3. The Balaban J connectivity index is 1.37. The molecular formula is C42H54ClN5O12S2. The molecule has 0 aliphatic carbocycles. The molecule has 1 unspecified atom stereocenters. The summed E-state index contributed by atoms with van der Waals surface area (Å²) < 4.78 is 29.3. The predicted molar refractivity (Wildman–Crippen MR) is 234 cm³/mol. The van der Waals surface area contributed by atoms with E-state index in [1.165, 1.54) is 71.8 Å². The molecule has 0 saturated carbocycles. The van der Waals surface area contributed by atoms with Crippen molar-refractivity contribution in [1.82, 2.24) is 15.2 Å². The minimum Gasteiger partial charge on any atom is -0.495 e. The number of anilines is 1. The smallest absolute Gasteiger partial charge is 0.409 e. The summed E-state index contributed by atoms with van der Waals surface area (Å²) in [5.74, 6) is -1.76. The number of carbonyl (C=O) groups is 4. The van der Waals surface area contributed by atoms with Crippen LogP contribution in [-0.4, -0.2) is 119 Å². The van der Waals surface area contributed by atoms with Crippen molar-refractivity contribution in [3.05, 3.63) is 75.0 Å². The van der Waals surface area contributed by atoms with Crippen LogP contribution in [0.2, 0.25) is 5.02 Å². The minimum absolute atomic E-state index is 0.0103. The number of carbonyl (C=O) groups excluding carboxylic acids is 4. The maximum absolute atomic E-state index is 14.3. The molecule has 17 nitrogen and oxygen atoms in total. The Kier molecular flexibility index (Phi) is 16.0. The van der Waals surface area contributed by atoms with Gasteiger partial charge in [0.2, 0.25) is 11.8 Å². The third kappa shape index (κ3) is 11.4. The third-order valence-electron chi connectivity index (χ3n) is 11.5. The molecule has 3 aliphatic heterocycles. The quantitative estimate of drug-likeness (QED) is 0.0773. The second kappa shape index (κ2) is 20.4. The normalized spacial score (nSPS) is 28.8. The first-order chi connectivity index (χ1) is 29.2. The van der Waals surface area contributed by atoms with Crippen LogP contribution in [0.5, 0.6) is 5.75 Å². The summed E-state index contributed by atoms with van der Waals surface area (Å²) in [7, 11) is 8.76. The summed E-state index contributed by atoms with van der Waals surface area (Å²) in [5.41, 5.74) is -1.17. The average molecular weight is 921 g/mol. The summed E-state index contributed by atoms with van der Waals surface area (Å²) in [5, 5.41) is 26.0. The monoisotopic (exact) mass is 919 g/mol. The number of rotatable bonds is 12. The molecule has 0 radical (unpaired) electrons. The number of nitrogens with one attached hydrogen (secondary N) is 1. The zero-order chi connectivity index (χ0) is 45.7. The number of pyridine rings is 1. The molecule has 2 N–H and O–H groups in total. The van der Waals surface area contributed by atoms with Crippen molar-refractivity contribution >= 4 is 68.4 Å². The molecule has 4 bridgehead atoms. The number of aliphatic hydroxyl groups is 1. The molecule has 20 heteroatoms. The Bertz CT molecular complexity index is 2080. The number of hydrogen-bond donors (Lipinski definition) is 2. The molecule has 62 heavy (non-hydrogen) atoms. The highest BCUT2D eigenvalue weighted by Gasteiger charge is 2.64. The van der Waals surface area contributed by atoms with Gasteiger partial charge in [-0.05, 0) is 68.2 Å². The van der Waals surface area contributed by atoms with E-state index in [0.29, 0.717) is 29.3 Å². The van der Waals surface area contributed by atoms with Gasteiger partial charge in [-0.3, -0.25) is 25.0 Å². The number of nitrogens with zero attached hydrogens (tertiary/aromatic N) is 4. The highest BCUT2D eigenvalue weighted by atomic mass is 35.5. The molecule has 0 spiro atoms. The molecule has 2 fully saturated rings. The standard InChI is InChI=1S/C42H54ClN5O12S2/c1-23-11-10-12-32(57-9)42(53)21-31(58-40(52)45-42)25(3)38-41(5,60-38)33(20-36(50)47(7)29-18-27(17-23)19-30(56-8)37(29)43)59-39(51)26(4)46(6)35(49)16-13-24(2)61-62-34-15-14-28(22-44-34)48(54)55/h10-12,14-15,18-19,22,24-26,31-33,38,53H,13,16-17,20-21H2,1-9H3,(H,45,52)/b12-10+,23-11+/t24?,25-,26+,31+,32-,33+,38+,41+,42+/m1/s1. The van der Waals surface area contributed by atoms with Crippen LogP contribution in [0.1, 0.15) is 65.9 Å². The van der Waals surface area contributed by atoms with E-state index in [1.807, 2.05) is 19.9 Å². The lowest BCUT2D eigenvalue weighted by Crippen LogP contribution is -2.63. The number of likely N-dealkylation sites (N-methyl/N-ethyl adjacent to an activating group) is 1. The second-order valence-electron chi connectivity index (χ2n) is 16.0. The van der Waals surface area contributed by atoms with Gasteiger partial charge in [0.25, 0.3) is 5.69 Å². The summed E-state index contributed by atoms with van der Waals surface area (Å²) in [4.78, 5) is 71.7. The Hall–Kier alpha value is -4.40. The number of alkyl carbamates (subject to hydrolysis) is 1. The zero-order valence-electron chi connectivity index (χ0n) is 36.1. The van der Waals surface area contributed by atoms with Crippen molar-refractivity contribution in [2.75, 3.05) is 33.2 Å². The van der Waals surface area contributed by atoms with Crippen molar-refractivity contribution in [3.8, 4) is 5.75 Å². The van der Waals surface area contributed by atoms with E-state index in [4.69, 9.17) is 35.3 Å². The van der Waals surface area contributed by atoms with Crippen LogP contribution < -0.4 is 15.0 Å². The van der Waals surface area contributed by atoms with Gasteiger partial charge in [-0.15, -0.1) is 0 Å². The number of methoxy groups -OCH3 is 2. The van der Waals surface area contributed by atoms with Gasteiger partial charge in [0, 0.05) is 51.3 Å². The third-order valence-corrected chi connectivity index (χ3v) is 14.8. The molecule has 3 aliphatic rings.